The topological polar surface area (TPSA) is 55.6 Å². The molecule has 1 aromatic carbocycles. The number of hydrogen-bond donors (Lipinski definition) is 1. The second-order valence-electron chi connectivity index (χ2n) is 7.50. The van der Waals surface area contributed by atoms with Gasteiger partial charge >= 0.3 is 0 Å². The molecule has 0 aliphatic carbocycles. The van der Waals surface area contributed by atoms with Gasteiger partial charge in [0.15, 0.2) is 0 Å². The van der Waals surface area contributed by atoms with Crippen LogP contribution in [0.2, 0.25) is 0 Å². The van der Waals surface area contributed by atoms with E-state index in [1.165, 1.54) is 11.1 Å². The molecule has 0 aromatic heterocycles. The summed E-state index contributed by atoms with van der Waals surface area (Å²) in [4.78, 5) is 14.3. The number of nitrogens with two attached hydrogens (primary N) is 1. The summed E-state index contributed by atoms with van der Waals surface area (Å²) in [5, 5.41) is 0. The van der Waals surface area contributed by atoms with Crippen molar-refractivity contribution in [3.8, 4) is 5.75 Å². The summed E-state index contributed by atoms with van der Waals surface area (Å²) in [6.45, 7) is 12.4. The van der Waals surface area contributed by atoms with E-state index in [2.05, 4.69) is 40.7 Å². The summed E-state index contributed by atoms with van der Waals surface area (Å²) in [5.74, 6) is 1.04. The van der Waals surface area contributed by atoms with Crippen LogP contribution in [0.1, 0.15) is 43.4 Å². The first-order valence-electron chi connectivity index (χ1n) is 8.45. The summed E-state index contributed by atoms with van der Waals surface area (Å²) >= 11 is 0. The summed E-state index contributed by atoms with van der Waals surface area (Å²) < 4.78 is 5.86. The average Bonchev–Trinajstić information content (AvgIpc) is 2.46. The Morgan fingerprint density at radius 1 is 1.33 bits per heavy atom. The Morgan fingerprint density at radius 2 is 2.00 bits per heavy atom. The molecule has 0 saturated carbocycles. The second-order valence-corrected chi connectivity index (χ2v) is 7.50. The van der Waals surface area contributed by atoms with E-state index in [1.54, 1.807) is 0 Å². The molecular weight excluding hydrogens is 324 g/mol. The van der Waals surface area contributed by atoms with Gasteiger partial charge in [-0.3, -0.25) is 4.79 Å². The first kappa shape index (κ1) is 20.8. The van der Waals surface area contributed by atoms with Gasteiger partial charge in [-0.2, -0.15) is 0 Å². The van der Waals surface area contributed by atoms with Crippen molar-refractivity contribution in [1.29, 1.82) is 0 Å². The molecule has 4 nitrogen and oxygen atoms in total. The number of piperidine rings is 1. The van der Waals surface area contributed by atoms with Crippen molar-refractivity contribution in [2.45, 2.75) is 53.5 Å². The number of likely N-dealkylation sites (tertiary alicyclic amines) is 1. The number of carbonyl (C=O) groups is 1. The lowest BCUT2D eigenvalue weighted by Crippen LogP contribution is -2.54. The number of nitrogens with zero attached hydrogens (tertiary/aromatic N) is 1. The van der Waals surface area contributed by atoms with Gasteiger partial charge in [0.1, 0.15) is 5.75 Å². The average molecular weight is 355 g/mol. The Kier molecular flexibility index (Phi) is 7.11. The van der Waals surface area contributed by atoms with Crippen LogP contribution in [0.25, 0.3) is 0 Å². The molecule has 1 aromatic rings. The third-order valence-electron chi connectivity index (χ3n) is 5.00. The molecule has 1 fully saturated rings. The lowest BCUT2D eigenvalue weighted by molar-refractivity contribution is -0.135. The van der Waals surface area contributed by atoms with E-state index in [1.807, 2.05) is 11.0 Å². The predicted octanol–water partition coefficient (Wildman–Crippen LogP) is 3.39. The molecule has 2 rings (SSSR count). The zero-order valence-corrected chi connectivity index (χ0v) is 16.3. The Hall–Kier alpha value is -1.26. The summed E-state index contributed by atoms with van der Waals surface area (Å²) in [6, 6.07) is 4.35. The Bertz CT molecular complexity index is 587. The van der Waals surface area contributed by atoms with Gasteiger partial charge in [-0.1, -0.05) is 19.9 Å². The highest BCUT2D eigenvalue weighted by molar-refractivity contribution is 5.85. The minimum Gasteiger partial charge on any atom is -0.493 e. The zero-order chi connectivity index (χ0) is 17.2. The molecule has 5 heteroatoms. The monoisotopic (exact) mass is 354 g/mol. The Balaban J connectivity index is 0.00000288. The minimum atomic E-state index is -0.0149. The molecule has 1 saturated heterocycles. The lowest BCUT2D eigenvalue weighted by Gasteiger charge is -2.42. The molecule has 0 radical (unpaired) electrons. The standard InChI is InChI=1S/C19H30N2O2.ClH/c1-13-10-14(2)15(3)16(11-13)23-9-7-18(22)21-8-6-17(20)19(4,5)12-21;/h10-11,17H,6-9,12,20H2,1-5H3;1H. The van der Waals surface area contributed by atoms with Crippen LogP contribution in [-0.2, 0) is 4.79 Å². The van der Waals surface area contributed by atoms with Gasteiger partial charge in [-0.05, 0) is 55.4 Å². The van der Waals surface area contributed by atoms with Crippen LogP contribution < -0.4 is 10.5 Å². The highest BCUT2D eigenvalue weighted by Gasteiger charge is 2.35. The quantitative estimate of drug-likeness (QED) is 0.901. The van der Waals surface area contributed by atoms with Crippen LogP contribution in [0.15, 0.2) is 12.1 Å². The van der Waals surface area contributed by atoms with Crippen molar-refractivity contribution in [1.82, 2.24) is 4.90 Å². The van der Waals surface area contributed by atoms with Crippen molar-refractivity contribution in [2.24, 2.45) is 11.1 Å². The molecule has 1 amide bonds. The largest absolute Gasteiger partial charge is 0.493 e. The van der Waals surface area contributed by atoms with Crippen LogP contribution in [0.4, 0.5) is 0 Å². The van der Waals surface area contributed by atoms with Crippen LogP contribution in [0.3, 0.4) is 0 Å². The normalized spacial score (nSPS) is 19.6. The van der Waals surface area contributed by atoms with Crippen molar-refractivity contribution >= 4 is 18.3 Å². The van der Waals surface area contributed by atoms with Gasteiger partial charge in [0.05, 0.1) is 13.0 Å². The molecular formula is C19H31ClN2O2. The number of carbonyl (C=O) groups excluding carboxylic acids is 1. The number of ether oxygens (including phenoxy) is 1. The van der Waals surface area contributed by atoms with Crippen molar-refractivity contribution in [3.05, 3.63) is 28.8 Å². The van der Waals surface area contributed by atoms with Gasteiger partial charge in [-0.15, -0.1) is 12.4 Å². The molecule has 136 valence electrons. The summed E-state index contributed by atoms with van der Waals surface area (Å²) in [6.07, 6.45) is 1.29. The maximum absolute atomic E-state index is 12.4. The molecule has 1 atom stereocenters. The summed E-state index contributed by atoms with van der Waals surface area (Å²) in [7, 11) is 0. The van der Waals surface area contributed by atoms with E-state index in [9.17, 15) is 4.79 Å². The van der Waals surface area contributed by atoms with E-state index in [-0.39, 0.29) is 29.8 Å². The first-order chi connectivity index (χ1) is 10.7. The summed E-state index contributed by atoms with van der Waals surface area (Å²) in [5.41, 5.74) is 9.67. The van der Waals surface area contributed by atoms with Gasteiger partial charge in [-0.25, -0.2) is 0 Å². The highest BCUT2D eigenvalue weighted by Crippen LogP contribution is 2.28. The van der Waals surface area contributed by atoms with Crippen molar-refractivity contribution in [3.63, 3.8) is 0 Å². The Labute approximate surface area is 152 Å². The molecule has 1 heterocycles. The van der Waals surface area contributed by atoms with Crippen molar-refractivity contribution in [2.75, 3.05) is 19.7 Å². The third kappa shape index (κ3) is 4.87. The van der Waals surface area contributed by atoms with Crippen molar-refractivity contribution < 1.29 is 9.53 Å². The van der Waals surface area contributed by atoms with Gasteiger partial charge in [0.25, 0.3) is 0 Å². The molecule has 24 heavy (non-hydrogen) atoms. The molecule has 0 bridgehead atoms. The maximum atomic E-state index is 12.4. The smallest absolute Gasteiger partial charge is 0.226 e. The molecule has 2 N–H and O–H groups in total. The molecule has 1 unspecified atom stereocenters. The van der Waals surface area contributed by atoms with E-state index in [4.69, 9.17) is 10.5 Å². The van der Waals surface area contributed by atoms with Gasteiger partial charge < -0.3 is 15.4 Å². The number of aryl methyl sites for hydroxylation is 2. The van der Waals surface area contributed by atoms with Gasteiger partial charge in [0.2, 0.25) is 5.91 Å². The first-order valence-corrected chi connectivity index (χ1v) is 8.45. The zero-order valence-electron chi connectivity index (χ0n) is 15.5. The van der Waals surface area contributed by atoms with E-state index < -0.39 is 0 Å². The van der Waals surface area contributed by atoms with Gasteiger partial charge in [0, 0.05) is 19.1 Å². The maximum Gasteiger partial charge on any atom is 0.226 e. The number of halogens is 1. The van der Waals surface area contributed by atoms with E-state index in [0.717, 1.165) is 30.8 Å². The van der Waals surface area contributed by atoms with Crippen LogP contribution >= 0.6 is 12.4 Å². The molecule has 0 spiro atoms. The fourth-order valence-corrected chi connectivity index (χ4v) is 3.14. The van der Waals surface area contributed by atoms with E-state index in [0.29, 0.717) is 13.0 Å². The fourth-order valence-electron chi connectivity index (χ4n) is 3.14. The Morgan fingerprint density at radius 3 is 2.62 bits per heavy atom. The minimum absolute atomic E-state index is 0. The van der Waals surface area contributed by atoms with Crippen LogP contribution in [-0.4, -0.2) is 36.5 Å². The predicted molar refractivity (Wildman–Crippen MR) is 101 cm³/mol. The second kappa shape index (κ2) is 8.21. The highest BCUT2D eigenvalue weighted by atomic mass is 35.5. The number of benzene rings is 1. The number of amides is 1. The lowest BCUT2D eigenvalue weighted by atomic mass is 9.79. The number of hydrogen-bond acceptors (Lipinski definition) is 3. The molecule has 1 aliphatic heterocycles. The number of rotatable bonds is 4. The fraction of sp³-hybridized carbons (Fsp3) is 0.632. The SMILES string of the molecule is Cc1cc(C)c(C)c(OCCC(=O)N2CCC(N)C(C)(C)C2)c1.Cl. The molecule has 1 aliphatic rings. The van der Waals surface area contributed by atoms with E-state index >= 15 is 0 Å². The van der Waals surface area contributed by atoms with Crippen LogP contribution in [0.5, 0.6) is 5.75 Å². The van der Waals surface area contributed by atoms with Crippen LogP contribution in [0, 0.1) is 26.2 Å². The third-order valence-corrected chi connectivity index (χ3v) is 5.00.